The molecule has 258 valence electrons. The molecule has 49 heavy (non-hydrogen) atoms. The predicted octanol–water partition coefficient (Wildman–Crippen LogP) is 4.34. The maximum Gasteiger partial charge on any atom is 0.256 e. The summed E-state index contributed by atoms with van der Waals surface area (Å²) in [5, 5.41) is 11.5. The number of methoxy groups -OCH3 is 6. The minimum absolute atomic E-state index is 0.0375. The summed E-state index contributed by atoms with van der Waals surface area (Å²) in [6, 6.07) is 5.13. The van der Waals surface area contributed by atoms with E-state index in [1.165, 1.54) is 4.90 Å². The van der Waals surface area contributed by atoms with E-state index in [0.717, 1.165) is 16.7 Å². The van der Waals surface area contributed by atoms with Crippen molar-refractivity contribution in [1.82, 2.24) is 14.7 Å². The first-order valence-corrected chi connectivity index (χ1v) is 16.1. The number of nitrogens with zero attached hydrogens (tertiary/aromatic N) is 3. The van der Waals surface area contributed by atoms with Gasteiger partial charge in [-0.3, -0.25) is 14.5 Å². The van der Waals surface area contributed by atoms with Crippen LogP contribution in [-0.2, 0) is 11.2 Å². The summed E-state index contributed by atoms with van der Waals surface area (Å²) in [6.07, 6.45) is 1.10. The molecule has 12 heteroatoms. The van der Waals surface area contributed by atoms with Gasteiger partial charge >= 0.3 is 0 Å². The summed E-state index contributed by atoms with van der Waals surface area (Å²) in [5.41, 5.74) is 6.07. The smallest absolute Gasteiger partial charge is 0.256 e. The van der Waals surface area contributed by atoms with Crippen molar-refractivity contribution < 1.29 is 43.1 Å². The topological polar surface area (TPSA) is 119 Å². The van der Waals surface area contributed by atoms with Gasteiger partial charge in [0, 0.05) is 63.2 Å². The highest BCUT2D eigenvalue weighted by molar-refractivity contribution is 5.99. The molecule has 12 nitrogen and oxygen atoms in total. The Balaban J connectivity index is 1.53. The number of carbonyl (C=O) groups excluding carboxylic acids is 2. The Morgan fingerprint density at radius 2 is 1.35 bits per heavy atom. The van der Waals surface area contributed by atoms with Crippen LogP contribution in [0.4, 0.5) is 0 Å². The van der Waals surface area contributed by atoms with Crippen LogP contribution >= 0.6 is 0 Å². The summed E-state index contributed by atoms with van der Waals surface area (Å²) in [5.74, 6) is 2.67. The highest BCUT2D eigenvalue weighted by atomic mass is 16.5. The molecule has 0 saturated carbocycles. The summed E-state index contributed by atoms with van der Waals surface area (Å²) in [4.78, 5) is 34.1. The number of piperazine rings is 1. The Labute approximate surface area is 285 Å². The van der Waals surface area contributed by atoms with E-state index in [-0.39, 0.29) is 18.4 Å². The van der Waals surface area contributed by atoms with Crippen molar-refractivity contribution in [3.63, 3.8) is 0 Å². The third-order valence-electron chi connectivity index (χ3n) is 10.6. The first-order valence-electron chi connectivity index (χ1n) is 16.1. The third-order valence-corrected chi connectivity index (χ3v) is 10.6. The van der Waals surface area contributed by atoms with Gasteiger partial charge < -0.3 is 43.3 Å². The molecule has 0 radical (unpaired) electrons. The number of aliphatic hydroxyl groups excluding tert-OH is 1. The molecular formula is C37H41N3O9. The van der Waals surface area contributed by atoms with E-state index >= 15 is 0 Å². The normalized spacial score (nSPS) is 22.1. The maximum atomic E-state index is 15.0. The molecule has 4 aliphatic heterocycles. The number of amides is 2. The third kappa shape index (κ3) is 4.29. The van der Waals surface area contributed by atoms with Gasteiger partial charge in [-0.05, 0) is 33.0 Å². The first-order chi connectivity index (χ1) is 23.6. The standard InChI is InChI=1S/C37H41N3O9/c1-17-29(44-4)21-14-23-28-27-22(30(45-5)18(2)32(47-7)34(27)49-9)15-24(38(28)3)37(43)40(23)25(26(21)33(48-8)31(17)46-6)16-39-35(41)19-12-10-11-13-20(19)36(39)42/h10-14,24-25,28,35,41H,15-16H2,1-9H3/t24-,25-,28-,35?/m0/s1. The van der Waals surface area contributed by atoms with Gasteiger partial charge in [-0.15, -0.1) is 0 Å². The van der Waals surface area contributed by atoms with Gasteiger partial charge in [0.25, 0.3) is 5.91 Å². The second-order valence-electron chi connectivity index (χ2n) is 12.7. The molecule has 0 aromatic heterocycles. The average molecular weight is 672 g/mol. The van der Waals surface area contributed by atoms with Crippen LogP contribution in [0.1, 0.15) is 67.6 Å². The Bertz CT molecular complexity index is 1940. The zero-order valence-electron chi connectivity index (χ0n) is 29.2. The van der Waals surface area contributed by atoms with Crippen LogP contribution in [0.5, 0.6) is 34.5 Å². The fraction of sp³-hybridized carbons (Fsp3) is 0.405. The van der Waals surface area contributed by atoms with E-state index < -0.39 is 24.4 Å². The van der Waals surface area contributed by atoms with Gasteiger partial charge in [-0.25, -0.2) is 0 Å². The van der Waals surface area contributed by atoms with Crippen molar-refractivity contribution >= 4 is 17.9 Å². The van der Waals surface area contributed by atoms with Crippen LogP contribution in [0.3, 0.4) is 0 Å². The molecule has 1 saturated heterocycles. The molecule has 7 rings (SSSR count). The van der Waals surface area contributed by atoms with Gasteiger partial charge in [0.2, 0.25) is 5.91 Å². The van der Waals surface area contributed by atoms with E-state index in [9.17, 15) is 14.7 Å². The minimum atomic E-state index is -1.21. The van der Waals surface area contributed by atoms with Crippen molar-refractivity contribution in [2.45, 2.75) is 44.6 Å². The SMILES string of the molecule is COc1c(C)c(OC)c(OC)c2c1C=C1[C@H]3c4c(c(OC)c(C)c(OC)c4OC)C[C@@H](C(=O)N1[C@H]2CN1C(=O)c2ccccc2C1O)N3C. The van der Waals surface area contributed by atoms with Gasteiger partial charge in [0.05, 0.1) is 60.8 Å². The monoisotopic (exact) mass is 671 g/mol. The van der Waals surface area contributed by atoms with Gasteiger partial charge in [-0.2, -0.15) is 0 Å². The molecule has 4 aliphatic rings. The van der Waals surface area contributed by atoms with E-state index in [1.54, 1.807) is 71.8 Å². The van der Waals surface area contributed by atoms with E-state index in [1.807, 2.05) is 27.0 Å². The highest BCUT2D eigenvalue weighted by Gasteiger charge is 2.55. The zero-order chi connectivity index (χ0) is 35.0. The first kappa shape index (κ1) is 32.6. The Morgan fingerprint density at radius 1 is 0.776 bits per heavy atom. The molecular weight excluding hydrogens is 630 g/mol. The number of rotatable bonds is 8. The molecule has 3 aromatic carbocycles. The number of hydrogen-bond donors (Lipinski definition) is 1. The lowest BCUT2D eigenvalue weighted by Gasteiger charge is -2.54. The maximum absolute atomic E-state index is 15.0. The second kappa shape index (κ2) is 11.9. The minimum Gasteiger partial charge on any atom is -0.496 e. The summed E-state index contributed by atoms with van der Waals surface area (Å²) in [7, 11) is 11.4. The van der Waals surface area contributed by atoms with Crippen LogP contribution in [0.2, 0.25) is 0 Å². The van der Waals surface area contributed by atoms with E-state index in [0.29, 0.717) is 74.4 Å². The van der Waals surface area contributed by atoms with E-state index in [2.05, 4.69) is 4.90 Å². The number of carbonyl (C=O) groups is 2. The lowest BCUT2D eigenvalue weighted by Crippen LogP contribution is -2.61. The van der Waals surface area contributed by atoms with Crippen molar-refractivity contribution in [2.24, 2.45) is 0 Å². The number of fused-ring (bicyclic) bond motifs is 8. The zero-order valence-corrected chi connectivity index (χ0v) is 29.2. The summed E-state index contributed by atoms with van der Waals surface area (Å²) in [6.45, 7) is 3.76. The molecule has 0 aliphatic carbocycles. The van der Waals surface area contributed by atoms with E-state index in [4.69, 9.17) is 28.4 Å². The molecule has 2 bridgehead atoms. The molecule has 1 N–H and O–H groups in total. The lowest BCUT2D eigenvalue weighted by molar-refractivity contribution is -0.144. The average Bonchev–Trinajstić information content (AvgIpc) is 3.34. The molecule has 1 unspecified atom stereocenters. The number of aliphatic hydroxyl groups is 1. The quantitative estimate of drug-likeness (QED) is 0.371. The van der Waals surface area contributed by atoms with Crippen LogP contribution in [0, 0.1) is 13.8 Å². The Morgan fingerprint density at radius 3 is 1.94 bits per heavy atom. The number of hydrogen-bond acceptors (Lipinski definition) is 10. The molecule has 4 heterocycles. The number of likely N-dealkylation sites (N-methyl/N-ethyl adjacent to an activating group) is 1. The van der Waals surface area contributed by atoms with Crippen molar-refractivity contribution in [1.29, 1.82) is 0 Å². The summed E-state index contributed by atoms with van der Waals surface area (Å²) < 4.78 is 35.9. The highest BCUT2D eigenvalue weighted by Crippen LogP contribution is 2.59. The Hall–Kier alpha value is -4.94. The largest absolute Gasteiger partial charge is 0.496 e. The van der Waals surface area contributed by atoms with Crippen LogP contribution in [-0.4, -0.2) is 93.9 Å². The molecule has 3 aromatic rings. The molecule has 1 fully saturated rings. The predicted molar refractivity (Wildman–Crippen MR) is 180 cm³/mol. The van der Waals surface area contributed by atoms with Crippen molar-refractivity contribution in [2.75, 3.05) is 56.3 Å². The fourth-order valence-electron chi connectivity index (χ4n) is 8.54. The fourth-order valence-corrected chi connectivity index (χ4v) is 8.54. The molecule has 0 spiro atoms. The molecule has 4 atom stereocenters. The van der Waals surface area contributed by atoms with Crippen molar-refractivity contribution in [3.05, 3.63) is 74.5 Å². The number of ether oxygens (including phenoxy) is 6. The molecule has 2 amide bonds. The Kier molecular flexibility index (Phi) is 7.91. The van der Waals surface area contributed by atoms with Gasteiger partial charge in [0.1, 0.15) is 11.5 Å². The number of benzene rings is 3. The van der Waals surface area contributed by atoms with Crippen LogP contribution in [0.15, 0.2) is 30.0 Å². The lowest BCUT2D eigenvalue weighted by atomic mass is 9.77. The summed E-state index contributed by atoms with van der Waals surface area (Å²) >= 11 is 0. The van der Waals surface area contributed by atoms with Gasteiger partial charge in [0.15, 0.2) is 29.2 Å². The van der Waals surface area contributed by atoms with Crippen molar-refractivity contribution in [3.8, 4) is 34.5 Å². The van der Waals surface area contributed by atoms with Crippen LogP contribution in [0.25, 0.3) is 6.08 Å². The van der Waals surface area contributed by atoms with Gasteiger partial charge in [-0.1, -0.05) is 18.2 Å². The van der Waals surface area contributed by atoms with Crippen LogP contribution < -0.4 is 28.4 Å². The second-order valence-corrected chi connectivity index (χ2v) is 12.7.